The Balaban J connectivity index is 3.04. The molecule has 4 nitrogen and oxygen atoms in total. The van der Waals surface area contributed by atoms with Crippen molar-refractivity contribution in [2.24, 2.45) is 0 Å². The zero-order chi connectivity index (χ0) is 13.0. The number of hydrogen-bond acceptors (Lipinski definition) is 4. The Morgan fingerprint density at radius 2 is 1.82 bits per heavy atom. The highest BCUT2D eigenvalue weighted by atomic mass is 16.5. The third-order valence-corrected chi connectivity index (χ3v) is 2.69. The molecule has 0 saturated heterocycles. The summed E-state index contributed by atoms with van der Waals surface area (Å²) in [7, 11) is 1.59. The molecule has 92 valence electrons. The van der Waals surface area contributed by atoms with Gasteiger partial charge in [0.05, 0.1) is 25.7 Å². The van der Waals surface area contributed by atoms with E-state index < -0.39 is 12.2 Å². The lowest BCUT2D eigenvalue weighted by Gasteiger charge is -2.18. The van der Waals surface area contributed by atoms with E-state index in [0.29, 0.717) is 5.56 Å². The molecule has 0 aliphatic carbocycles. The van der Waals surface area contributed by atoms with Crippen LogP contribution >= 0.6 is 0 Å². The van der Waals surface area contributed by atoms with Gasteiger partial charge in [0.1, 0.15) is 11.9 Å². The topological polar surface area (TPSA) is 73.5 Å². The second kappa shape index (κ2) is 5.67. The average Bonchev–Trinajstić information content (AvgIpc) is 2.27. The van der Waals surface area contributed by atoms with Gasteiger partial charge in [-0.15, -0.1) is 0 Å². The van der Waals surface area contributed by atoms with E-state index in [1.54, 1.807) is 19.2 Å². The van der Waals surface area contributed by atoms with E-state index in [0.717, 1.165) is 16.9 Å². The first-order valence-electron chi connectivity index (χ1n) is 5.39. The summed E-state index contributed by atoms with van der Waals surface area (Å²) in [6, 6.07) is 5.36. The molecule has 0 aromatic heterocycles. The number of aryl methyl sites for hydroxylation is 2. The molecule has 0 spiro atoms. The SMILES string of the molecule is COc1c(C)cc(C(O)C(O)CC#N)cc1C. The largest absolute Gasteiger partial charge is 0.496 e. The molecule has 0 heterocycles. The second-order valence-corrected chi connectivity index (χ2v) is 4.06. The van der Waals surface area contributed by atoms with Gasteiger partial charge in [0.2, 0.25) is 0 Å². The first-order valence-corrected chi connectivity index (χ1v) is 5.39. The summed E-state index contributed by atoms with van der Waals surface area (Å²) in [6.45, 7) is 3.75. The highest BCUT2D eigenvalue weighted by molar-refractivity contribution is 5.44. The van der Waals surface area contributed by atoms with Crippen molar-refractivity contribution in [2.45, 2.75) is 32.5 Å². The monoisotopic (exact) mass is 235 g/mol. The molecule has 0 saturated carbocycles. The molecule has 2 N–H and O–H groups in total. The molecule has 0 radical (unpaired) electrons. The fraction of sp³-hybridized carbons (Fsp3) is 0.462. The van der Waals surface area contributed by atoms with Crippen molar-refractivity contribution >= 4 is 0 Å². The van der Waals surface area contributed by atoms with E-state index in [4.69, 9.17) is 10.00 Å². The first kappa shape index (κ1) is 13.5. The highest BCUT2D eigenvalue weighted by Gasteiger charge is 2.19. The molecule has 0 bridgehead atoms. The summed E-state index contributed by atoms with van der Waals surface area (Å²) in [5, 5.41) is 27.9. The summed E-state index contributed by atoms with van der Waals surface area (Å²) in [5.41, 5.74) is 2.39. The number of aliphatic hydroxyl groups excluding tert-OH is 2. The van der Waals surface area contributed by atoms with Gasteiger partial charge in [-0.25, -0.2) is 0 Å². The van der Waals surface area contributed by atoms with Gasteiger partial charge in [-0.1, -0.05) is 0 Å². The van der Waals surface area contributed by atoms with Crippen molar-refractivity contribution in [1.82, 2.24) is 0 Å². The standard InChI is InChI=1S/C13H17NO3/c1-8-6-10(7-9(2)13(8)17-3)12(16)11(15)4-5-14/h6-7,11-12,15-16H,4H2,1-3H3. The van der Waals surface area contributed by atoms with Crippen molar-refractivity contribution in [3.63, 3.8) is 0 Å². The van der Waals surface area contributed by atoms with E-state index in [-0.39, 0.29) is 6.42 Å². The van der Waals surface area contributed by atoms with Crippen LogP contribution in [0, 0.1) is 25.2 Å². The fourth-order valence-electron chi connectivity index (χ4n) is 1.90. The number of methoxy groups -OCH3 is 1. The van der Waals surface area contributed by atoms with Crippen LogP contribution in [0.15, 0.2) is 12.1 Å². The third-order valence-electron chi connectivity index (χ3n) is 2.69. The maximum absolute atomic E-state index is 9.89. The highest BCUT2D eigenvalue weighted by Crippen LogP contribution is 2.28. The Morgan fingerprint density at radius 3 is 2.24 bits per heavy atom. The Labute approximate surface area is 101 Å². The molecule has 1 rings (SSSR count). The van der Waals surface area contributed by atoms with Gasteiger partial charge in [-0.05, 0) is 42.7 Å². The van der Waals surface area contributed by atoms with E-state index in [2.05, 4.69) is 0 Å². The minimum absolute atomic E-state index is 0.0920. The van der Waals surface area contributed by atoms with Crippen LogP contribution < -0.4 is 4.74 Å². The molecule has 2 atom stereocenters. The fourth-order valence-corrected chi connectivity index (χ4v) is 1.90. The lowest BCUT2D eigenvalue weighted by molar-refractivity contribution is 0.0215. The van der Waals surface area contributed by atoms with Crippen molar-refractivity contribution in [2.75, 3.05) is 7.11 Å². The quantitative estimate of drug-likeness (QED) is 0.831. The Morgan fingerprint density at radius 1 is 1.29 bits per heavy atom. The van der Waals surface area contributed by atoms with Crippen LogP contribution in [0.5, 0.6) is 5.75 Å². The molecular weight excluding hydrogens is 218 g/mol. The first-order chi connectivity index (χ1) is 8.01. The van der Waals surface area contributed by atoms with E-state index in [9.17, 15) is 10.2 Å². The predicted octanol–water partition coefficient (Wildman–Crippen LogP) is 1.62. The number of rotatable bonds is 4. The van der Waals surface area contributed by atoms with Crippen LogP contribution in [0.3, 0.4) is 0 Å². The number of benzene rings is 1. The minimum Gasteiger partial charge on any atom is -0.496 e. The number of hydrogen-bond donors (Lipinski definition) is 2. The molecule has 0 amide bonds. The van der Waals surface area contributed by atoms with Crippen molar-refractivity contribution in [3.8, 4) is 11.8 Å². The summed E-state index contributed by atoms with van der Waals surface area (Å²) in [6.07, 6.45) is -2.20. The number of ether oxygens (including phenoxy) is 1. The van der Waals surface area contributed by atoms with E-state index in [1.165, 1.54) is 0 Å². The normalized spacial score (nSPS) is 13.9. The molecule has 0 aliphatic heterocycles. The van der Waals surface area contributed by atoms with Crippen LogP contribution in [0.2, 0.25) is 0 Å². The maximum Gasteiger partial charge on any atom is 0.124 e. The number of aliphatic hydroxyl groups is 2. The van der Waals surface area contributed by atoms with Gasteiger partial charge >= 0.3 is 0 Å². The van der Waals surface area contributed by atoms with Crippen LogP contribution in [0.4, 0.5) is 0 Å². The molecule has 0 fully saturated rings. The Kier molecular flexibility index (Phi) is 4.50. The summed E-state index contributed by atoms with van der Waals surface area (Å²) < 4.78 is 5.22. The van der Waals surface area contributed by atoms with Crippen LogP contribution in [-0.4, -0.2) is 23.4 Å². The number of nitriles is 1. The second-order valence-electron chi connectivity index (χ2n) is 4.06. The van der Waals surface area contributed by atoms with Crippen LogP contribution in [-0.2, 0) is 0 Å². The molecule has 1 aromatic carbocycles. The van der Waals surface area contributed by atoms with Crippen molar-refractivity contribution < 1.29 is 14.9 Å². The van der Waals surface area contributed by atoms with Crippen LogP contribution in [0.25, 0.3) is 0 Å². The van der Waals surface area contributed by atoms with E-state index >= 15 is 0 Å². The Bertz CT molecular complexity index is 414. The zero-order valence-corrected chi connectivity index (χ0v) is 10.3. The molecule has 0 aliphatic rings. The average molecular weight is 235 g/mol. The molecular formula is C13H17NO3. The zero-order valence-electron chi connectivity index (χ0n) is 10.3. The maximum atomic E-state index is 9.89. The summed E-state index contributed by atoms with van der Waals surface area (Å²) in [4.78, 5) is 0. The van der Waals surface area contributed by atoms with Crippen molar-refractivity contribution in [3.05, 3.63) is 28.8 Å². The van der Waals surface area contributed by atoms with E-state index in [1.807, 2.05) is 19.9 Å². The molecule has 4 heteroatoms. The third kappa shape index (κ3) is 2.96. The Hall–Kier alpha value is -1.57. The van der Waals surface area contributed by atoms with Gasteiger partial charge in [-0.3, -0.25) is 0 Å². The predicted molar refractivity (Wildman–Crippen MR) is 63.7 cm³/mol. The van der Waals surface area contributed by atoms with Gasteiger partial charge in [0, 0.05) is 0 Å². The van der Waals surface area contributed by atoms with Gasteiger partial charge in [0.15, 0.2) is 0 Å². The molecule has 17 heavy (non-hydrogen) atoms. The van der Waals surface area contributed by atoms with Gasteiger partial charge in [-0.2, -0.15) is 5.26 Å². The molecule has 2 unspecified atom stereocenters. The summed E-state index contributed by atoms with van der Waals surface area (Å²) in [5.74, 6) is 0.774. The summed E-state index contributed by atoms with van der Waals surface area (Å²) >= 11 is 0. The lowest BCUT2D eigenvalue weighted by atomic mass is 9.98. The lowest BCUT2D eigenvalue weighted by Crippen LogP contribution is -2.17. The molecule has 1 aromatic rings. The minimum atomic E-state index is -1.06. The van der Waals surface area contributed by atoms with Crippen molar-refractivity contribution in [1.29, 1.82) is 5.26 Å². The van der Waals surface area contributed by atoms with Gasteiger partial charge < -0.3 is 14.9 Å². The van der Waals surface area contributed by atoms with Gasteiger partial charge in [0.25, 0.3) is 0 Å². The number of nitrogens with zero attached hydrogens (tertiary/aromatic N) is 1. The van der Waals surface area contributed by atoms with Crippen LogP contribution in [0.1, 0.15) is 29.2 Å². The smallest absolute Gasteiger partial charge is 0.124 e.